The molecule has 0 radical (unpaired) electrons. The highest BCUT2D eigenvalue weighted by Gasteiger charge is 2.33. The van der Waals surface area contributed by atoms with Crippen molar-refractivity contribution in [2.45, 2.75) is 25.8 Å². The van der Waals surface area contributed by atoms with E-state index in [4.69, 9.17) is 11.6 Å². The van der Waals surface area contributed by atoms with E-state index in [0.29, 0.717) is 18.0 Å². The van der Waals surface area contributed by atoms with Crippen LogP contribution in [0.15, 0.2) is 30.3 Å². The van der Waals surface area contributed by atoms with E-state index in [-0.39, 0.29) is 23.5 Å². The largest absolute Gasteiger partial charge is 0.335 e. The number of amides is 1. The van der Waals surface area contributed by atoms with Crippen molar-refractivity contribution in [3.63, 3.8) is 0 Å². The average Bonchev–Trinajstić information content (AvgIpc) is 3.10. The number of rotatable bonds is 5. The topological polar surface area (TPSA) is 54.5 Å². The maximum absolute atomic E-state index is 12.6. The third kappa shape index (κ3) is 4.07. The second-order valence-electron chi connectivity index (χ2n) is 6.20. The fourth-order valence-electron chi connectivity index (χ4n) is 3.12. The Morgan fingerprint density at radius 1 is 1.40 bits per heavy atom. The Labute approximate surface area is 157 Å². The fourth-order valence-corrected chi connectivity index (χ4v) is 6.25. The minimum atomic E-state index is -3.02. The van der Waals surface area contributed by atoms with E-state index >= 15 is 0 Å². The standard InChI is InChI=1S/C18H20ClNO3S2/c1-2-10-20(13-9-11-25(22,23)12-13)17(21)8-7-16-18(19)14-5-3-4-6-15(14)24-16/h3-8,13H,2,9-12H2,1H3. The molecule has 2 aromatic rings. The number of hydrogen-bond donors (Lipinski definition) is 0. The summed E-state index contributed by atoms with van der Waals surface area (Å²) in [6, 6.07) is 7.62. The average molecular weight is 398 g/mol. The van der Waals surface area contributed by atoms with Crippen molar-refractivity contribution in [1.82, 2.24) is 4.90 Å². The molecule has 2 heterocycles. The van der Waals surface area contributed by atoms with E-state index in [9.17, 15) is 13.2 Å². The zero-order chi connectivity index (χ0) is 18.0. The Balaban J connectivity index is 1.80. The molecule has 25 heavy (non-hydrogen) atoms. The van der Waals surface area contributed by atoms with Gasteiger partial charge in [0.15, 0.2) is 9.84 Å². The third-order valence-electron chi connectivity index (χ3n) is 4.33. The smallest absolute Gasteiger partial charge is 0.246 e. The highest BCUT2D eigenvalue weighted by molar-refractivity contribution is 7.91. The summed E-state index contributed by atoms with van der Waals surface area (Å²) in [4.78, 5) is 15.2. The fraction of sp³-hybridized carbons (Fsp3) is 0.389. The Morgan fingerprint density at radius 2 is 2.16 bits per heavy atom. The van der Waals surface area contributed by atoms with Crippen molar-refractivity contribution in [3.8, 4) is 0 Å². The third-order valence-corrected chi connectivity index (χ3v) is 7.74. The first kappa shape index (κ1) is 18.4. The van der Waals surface area contributed by atoms with Crippen LogP contribution >= 0.6 is 22.9 Å². The lowest BCUT2D eigenvalue weighted by molar-refractivity contribution is -0.127. The van der Waals surface area contributed by atoms with Crippen LogP contribution in [0.1, 0.15) is 24.6 Å². The van der Waals surface area contributed by atoms with Crippen molar-refractivity contribution in [2.24, 2.45) is 0 Å². The number of thiophene rings is 1. The van der Waals surface area contributed by atoms with Gasteiger partial charge in [0, 0.05) is 33.6 Å². The lowest BCUT2D eigenvalue weighted by atomic mass is 10.2. The van der Waals surface area contributed by atoms with Gasteiger partial charge in [-0.25, -0.2) is 8.42 Å². The van der Waals surface area contributed by atoms with Crippen molar-refractivity contribution in [3.05, 3.63) is 40.2 Å². The molecule has 1 amide bonds. The number of hydrogen-bond acceptors (Lipinski definition) is 4. The predicted molar refractivity (Wildman–Crippen MR) is 105 cm³/mol. The van der Waals surface area contributed by atoms with Gasteiger partial charge in [0.2, 0.25) is 5.91 Å². The van der Waals surface area contributed by atoms with Crippen LogP contribution < -0.4 is 0 Å². The van der Waals surface area contributed by atoms with Crippen molar-refractivity contribution < 1.29 is 13.2 Å². The molecule has 1 aliphatic heterocycles. The molecular formula is C18H20ClNO3S2. The van der Waals surface area contributed by atoms with Crippen molar-refractivity contribution in [1.29, 1.82) is 0 Å². The number of halogens is 1. The summed E-state index contributed by atoms with van der Waals surface area (Å²) in [6.07, 6.45) is 4.56. The van der Waals surface area contributed by atoms with Gasteiger partial charge in [0.1, 0.15) is 0 Å². The number of benzene rings is 1. The molecule has 3 rings (SSSR count). The molecule has 0 saturated carbocycles. The lowest BCUT2D eigenvalue weighted by Crippen LogP contribution is -2.40. The number of sulfone groups is 1. The molecule has 4 nitrogen and oxygen atoms in total. The lowest BCUT2D eigenvalue weighted by Gasteiger charge is -2.26. The molecule has 1 aliphatic rings. The number of carbonyl (C=O) groups is 1. The first-order chi connectivity index (χ1) is 11.9. The minimum absolute atomic E-state index is 0.0657. The summed E-state index contributed by atoms with van der Waals surface area (Å²) in [5.74, 6) is 0.0743. The molecule has 0 N–H and O–H groups in total. The summed E-state index contributed by atoms with van der Waals surface area (Å²) >= 11 is 7.94. The monoisotopic (exact) mass is 397 g/mol. The van der Waals surface area contributed by atoms with Crippen LogP contribution in [0.25, 0.3) is 16.2 Å². The van der Waals surface area contributed by atoms with Gasteiger partial charge in [-0.1, -0.05) is 36.7 Å². The molecule has 1 aromatic heterocycles. The predicted octanol–water partition coefficient (Wildman–Crippen LogP) is 3.99. The molecule has 0 spiro atoms. The zero-order valence-electron chi connectivity index (χ0n) is 13.9. The first-order valence-corrected chi connectivity index (χ1v) is 11.3. The van der Waals surface area contributed by atoms with Gasteiger partial charge in [0.05, 0.1) is 16.5 Å². The molecule has 7 heteroatoms. The Morgan fingerprint density at radius 3 is 2.80 bits per heavy atom. The maximum Gasteiger partial charge on any atom is 0.246 e. The minimum Gasteiger partial charge on any atom is -0.335 e. The van der Waals surface area contributed by atoms with Gasteiger partial charge in [-0.2, -0.15) is 0 Å². The van der Waals surface area contributed by atoms with E-state index in [1.165, 1.54) is 17.4 Å². The number of nitrogens with zero attached hydrogens (tertiary/aromatic N) is 1. The van der Waals surface area contributed by atoms with Gasteiger partial charge >= 0.3 is 0 Å². The van der Waals surface area contributed by atoms with Crippen molar-refractivity contribution in [2.75, 3.05) is 18.1 Å². The second kappa shape index (κ2) is 7.48. The highest BCUT2D eigenvalue weighted by atomic mass is 35.5. The molecule has 134 valence electrons. The van der Waals surface area contributed by atoms with Crippen molar-refractivity contribution >= 4 is 54.8 Å². The molecule has 1 atom stereocenters. The van der Waals surface area contributed by atoms with Crippen LogP contribution in [0.3, 0.4) is 0 Å². The van der Waals surface area contributed by atoms with E-state index < -0.39 is 9.84 Å². The van der Waals surface area contributed by atoms with Crippen LogP contribution in [-0.2, 0) is 14.6 Å². The van der Waals surface area contributed by atoms with Gasteiger partial charge in [0.25, 0.3) is 0 Å². The molecule has 0 bridgehead atoms. The van der Waals surface area contributed by atoms with Crippen LogP contribution in [-0.4, -0.2) is 43.3 Å². The highest BCUT2D eigenvalue weighted by Crippen LogP contribution is 2.36. The normalized spacial score (nSPS) is 19.7. The molecule has 1 aromatic carbocycles. The Bertz CT molecular complexity index is 918. The first-order valence-electron chi connectivity index (χ1n) is 8.27. The van der Waals surface area contributed by atoms with E-state index in [0.717, 1.165) is 21.4 Å². The maximum atomic E-state index is 12.6. The molecular weight excluding hydrogens is 378 g/mol. The SMILES string of the molecule is CCCN(C(=O)C=Cc1sc2ccccc2c1Cl)C1CCS(=O)(=O)C1. The van der Waals surface area contributed by atoms with Gasteiger partial charge in [-0.3, -0.25) is 4.79 Å². The summed E-state index contributed by atoms with van der Waals surface area (Å²) < 4.78 is 24.5. The van der Waals surface area contributed by atoms with E-state index in [1.54, 1.807) is 11.0 Å². The van der Waals surface area contributed by atoms with E-state index in [2.05, 4.69) is 0 Å². The Kier molecular flexibility index (Phi) is 5.51. The zero-order valence-corrected chi connectivity index (χ0v) is 16.3. The quantitative estimate of drug-likeness (QED) is 0.716. The molecule has 1 unspecified atom stereocenters. The molecule has 1 saturated heterocycles. The summed E-state index contributed by atoms with van der Waals surface area (Å²) in [5, 5.41) is 1.63. The van der Waals surface area contributed by atoms with Gasteiger partial charge in [-0.05, 0) is 25.0 Å². The number of fused-ring (bicyclic) bond motifs is 1. The second-order valence-corrected chi connectivity index (χ2v) is 9.89. The van der Waals surface area contributed by atoms with E-state index in [1.807, 2.05) is 31.2 Å². The Hall–Kier alpha value is -1.37. The van der Waals surface area contributed by atoms with Crippen LogP contribution in [0.5, 0.6) is 0 Å². The molecule has 1 fully saturated rings. The summed E-state index contributed by atoms with van der Waals surface area (Å²) in [7, 11) is -3.02. The van der Waals surface area contributed by atoms with Crippen LogP contribution in [0.2, 0.25) is 5.02 Å². The summed E-state index contributed by atoms with van der Waals surface area (Å²) in [6.45, 7) is 2.54. The van der Waals surface area contributed by atoms with Crippen LogP contribution in [0.4, 0.5) is 0 Å². The summed E-state index contributed by atoms with van der Waals surface area (Å²) in [5.41, 5.74) is 0. The number of carbonyl (C=O) groups excluding carboxylic acids is 1. The van der Waals surface area contributed by atoms with Crippen LogP contribution in [0, 0.1) is 0 Å². The van der Waals surface area contributed by atoms with Gasteiger partial charge in [-0.15, -0.1) is 11.3 Å². The van der Waals surface area contributed by atoms with Gasteiger partial charge < -0.3 is 4.90 Å². The molecule has 0 aliphatic carbocycles.